The third kappa shape index (κ3) is 5.06. The summed E-state index contributed by atoms with van der Waals surface area (Å²) in [6.07, 6.45) is 1.91. The Labute approximate surface area is 152 Å². The van der Waals surface area contributed by atoms with Gasteiger partial charge in [-0.15, -0.1) is 0 Å². The molecular weight excluding hydrogens is 342 g/mol. The van der Waals surface area contributed by atoms with Gasteiger partial charge in [-0.05, 0) is 32.4 Å². The number of aryl methyl sites for hydroxylation is 3. The van der Waals surface area contributed by atoms with Gasteiger partial charge in [0.1, 0.15) is 10.7 Å². The zero-order valence-corrected chi connectivity index (χ0v) is 15.4. The minimum Gasteiger partial charge on any atom is -0.452 e. The third-order valence-corrected chi connectivity index (χ3v) is 4.05. The quantitative estimate of drug-likeness (QED) is 0.760. The topological polar surface area (TPSA) is 73.2 Å². The van der Waals surface area contributed by atoms with E-state index in [1.807, 2.05) is 19.1 Å². The van der Waals surface area contributed by atoms with Crippen LogP contribution in [0.1, 0.15) is 41.4 Å². The number of nitrogens with zero attached hydrogens (tertiary/aromatic N) is 2. The highest BCUT2D eigenvalue weighted by Crippen LogP contribution is 2.21. The highest BCUT2D eigenvalue weighted by atomic mass is 35.5. The van der Waals surface area contributed by atoms with E-state index in [1.54, 1.807) is 23.7 Å². The summed E-state index contributed by atoms with van der Waals surface area (Å²) in [5.41, 5.74) is 2.44. The second-order valence-corrected chi connectivity index (χ2v) is 6.18. The largest absolute Gasteiger partial charge is 0.452 e. The zero-order valence-electron chi connectivity index (χ0n) is 14.6. The molecular formula is C18H22ClN3O3. The fourth-order valence-electron chi connectivity index (χ4n) is 2.28. The molecule has 0 aliphatic rings. The summed E-state index contributed by atoms with van der Waals surface area (Å²) >= 11 is 6.22. The monoisotopic (exact) mass is 363 g/mol. The second kappa shape index (κ2) is 8.67. The third-order valence-electron chi connectivity index (χ3n) is 3.66. The maximum Gasteiger partial charge on any atom is 0.343 e. The lowest BCUT2D eigenvalue weighted by molar-refractivity contribution is -0.119. The molecule has 0 radical (unpaired) electrons. The van der Waals surface area contributed by atoms with Gasteiger partial charge in [-0.25, -0.2) is 4.79 Å². The van der Waals surface area contributed by atoms with E-state index in [0.717, 1.165) is 18.4 Å². The zero-order chi connectivity index (χ0) is 18.4. The average molecular weight is 364 g/mol. The summed E-state index contributed by atoms with van der Waals surface area (Å²) in [5, 5.41) is 7.17. The number of ether oxygens (including phenoxy) is 1. The second-order valence-electron chi connectivity index (χ2n) is 5.82. The molecule has 7 heteroatoms. The van der Waals surface area contributed by atoms with Crippen LogP contribution in [0.25, 0.3) is 0 Å². The number of hydrogen-bond donors (Lipinski definition) is 1. The van der Waals surface area contributed by atoms with Gasteiger partial charge < -0.3 is 10.1 Å². The van der Waals surface area contributed by atoms with Gasteiger partial charge in [-0.3, -0.25) is 9.48 Å². The molecule has 0 spiro atoms. The predicted octanol–water partition coefficient (Wildman–Crippen LogP) is 3.75. The van der Waals surface area contributed by atoms with Gasteiger partial charge >= 0.3 is 5.97 Å². The Hall–Kier alpha value is -2.34. The van der Waals surface area contributed by atoms with E-state index in [-0.39, 0.29) is 17.3 Å². The lowest BCUT2D eigenvalue weighted by atomic mass is 10.2. The van der Waals surface area contributed by atoms with Crippen LogP contribution in [0.5, 0.6) is 0 Å². The van der Waals surface area contributed by atoms with Crippen LogP contribution in [-0.4, -0.2) is 28.3 Å². The predicted molar refractivity (Wildman–Crippen MR) is 97.0 cm³/mol. The summed E-state index contributed by atoms with van der Waals surface area (Å²) in [4.78, 5) is 24.1. The van der Waals surface area contributed by atoms with Crippen LogP contribution in [-0.2, 0) is 16.1 Å². The number of amides is 1. The first-order valence-corrected chi connectivity index (χ1v) is 8.56. The number of carbonyl (C=O) groups excluding carboxylic acids is 2. The van der Waals surface area contributed by atoms with Crippen molar-refractivity contribution in [1.82, 2.24) is 9.78 Å². The normalized spacial score (nSPS) is 10.6. The summed E-state index contributed by atoms with van der Waals surface area (Å²) in [7, 11) is 0. The first-order valence-electron chi connectivity index (χ1n) is 8.19. The van der Waals surface area contributed by atoms with Gasteiger partial charge in [-0.2, -0.15) is 5.10 Å². The number of anilines is 1. The van der Waals surface area contributed by atoms with E-state index in [4.69, 9.17) is 16.3 Å². The molecule has 2 aromatic rings. The van der Waals surface area contributed by atoms with Crippen LogP contribution < -0.4 is 5.32 Å². The minimum atomic E-state index is -0.649. The van der Waals surface area contributed by atoms with Gasteiger partial charge in [0.05, 0.1) is 5.69 Å². The number of hydrogen-bond acceptors (Lipinski definition) is 4. The highest BCUT2D eigenvalue weighted by Gasteiger charge is 2.22. The Kier molecular flexibility index (Phi) is 6.58. The number of benzene rings is 1. The summed E-state index contributed by atoms with van der Waals surface area (Å²) in [5.74, 6) is -1.06. The highest BCUT2D eigenvalue weighted by molar-refractivity contribution is 6.32. The Balaban J connectivity index is 1.94. The molecule has 6 nitrogen and oxygen atoms in total. The van der Waals surface area contributed by atoms with Crippen molar-refractivity contribution < 1.29 is 14.3 Å². The Bertz CT molecular complexity index is 754. The van der Waals surface area contributed by atoms with E-state index < -0.39 is 11.9 Å². The maximum atomic E-state index is 12.2. The van der Waals surface area contributed by atoms with E-state index >= 15 is 0 Å². The Morgan fingerprint density at radius 3 is 2.56 bits per heavy atom. The van der Waals surface area contributed by atoms with Gasteiger partial charge in [0.2, 0.25) is 0 Å². The van der Waals surface area contributed by atoms with Crippen molar-refractivity contribution in [2.24, 2.45) is 0 Å². The number of nitrogens with one attached hydrogen (secondary N) is 1. The van der Waals surface area contributed by atoms with Crippen LogP contribution in [0.4, 0.5) is 5.69 Å². The first-order chi connectivity index (χ1) is 11.9. The average Bonchev–Trinajstić information content (AvgIpc) is 2.86. The van der Waals surface area contributed by atoms with Gasteiger partial charge in [0, 0.05) is 12.2 Å². The summed E-state index contributed by atoms with van der Waals surface area (Å²) < 4.78 is 6.66. The van der Waals surface area contributed by atoms with Crippen LogP contribution >= 0.6 is 11.6 Å². The van der Waals surface area contributed by atoms with Crippen LogP contribution in [0.15, 0.2) is 24.3 Å². The minimum absolute atomic E-state index is 0.209. The van der Waals surface area contributed by atoms with E-state index in [9.17, 15) is 9.59 Å². The van der Waals surface area contributed by atoms with Gasteiger partial charge in [0.25, 0.3) is 5.91 Å². The molecule has 1 aromatic carbocycles. The van der Waals surface area contributed by atoms with Crippen LogP contribution in [0.3, 0.4) is 0 Å². The fourth-order valence-corrected chi connectivity index (χ4v) is 2.61. The lowest BCUT2D eigenvalue weighted by Crippen LogP contribution is -2.21. The SMILES string of the molecule is CCCCn1nc(C)c(C(=O)OCC(=O)Nc2ccc(C)cc2)c1Cl. The van der Waals surface area contributed by atoms with Crippen LogP contribution in [0, 0.1) is 13.8 Å². The Morgan fingerprint density at radius 2 is 1.92 bits per heavy atom. The molecule has 2 rings (SSSR count). The summed E-state index contributed by atoms with van der Waals surface area (Å²) in [6, 6.07) is 7.34. The molecule has 0 saturated heterocycles. The van der Waals surface area contributed by atoms with E-state index in [1.165, 1.54) is 0 Å². The molecule has 1 N–H and O–H groups in total. The molecule has 25 heavy (non-hydrogen) atoms. The van der Waals surface area contributed by atoms with Crippen molar-refractivity contribution in [3.05, 3.63) is 46.2 Å². The number of aromatic nitrogens is 2. The molecule has 0 bridgehead atoms. The molecule has 0 fully saturated rings. The summed E-state index contributed by atoms with van der Waals surface area (Å²) in [6.45, 7) is 5.96. The first kappa shape index (κ1) is 19.0. The molecule has 1 heterocycles. The Morgan fingerprint density at radius 1 is 1.24 bits per heavy atom. The van der Waals surface area contributed by atoms with Gasteiger partial charge in [0.15, 0.2) is 6.61 Å². The molecule has 1 aromatic heterocycles. The number of rotatable bonds is 7. The lowest BCUT2D eigenvalue weighted by Gasteiger charge is -2.07. The standard InChI is InChI=1S/C18H22ClN3O3/c1-4-5-10-22-17(19)16(13(3)21-22)18(24)25-11-15(23)20-14-8-6-12(2)7-9-14/h6-9H,4-5,10-11H2,1-3H3,(H,20,23). The molecule has 0 atom stereocenters. The maximum absolute atomic E-state index is 12.2. The van der Waals surface area contributed by atoms with Crippen molar-refractivity contribution in [3.8, 4) is 0 Å². The van der Waals surface area contributed by atoms with Crippen molar-refractivity contribution in [2.75, 3.05) is 11.9 Å². The molecule has 0 aliphatic carbocycles. The number of carbonyl (C=O) groups is 2. The molecule has 0 aliphatic heterocycles. The molecule has 134 valence electrons. The molecule has 1 amide bonds. The van der Waals surface area contributed by atoms with Crippen LogP contribution in [0.2, 0.25) is 5.15 Å². The van der Waals surface area contributed by atoms with Crippen molar-refractivity contribution in [2.45, 2.75) is 40.2 Å². The van der Waals surface area contributed by atoms with Crippen molar-refractivity contribution in [1.29, 1.82) is 0 Å². The smallest absolute Gasteiger partial charge is 0.343 e. The van der Waals surface area contributed by atoms with Crippen molar-refractivity contribution >= 4 is 29.2 Å². The number of esters is 1. The molecule has 0 unspecified atom stereocenters. The van der Waals surface area contributed by atoms with Crippen molar-refractivity contribution in [3.63, 3.8) is 0 Å². The van der Waals surface area contributed by atoms with E-state index in [0.29, 0.717) is 17.9 Å². The van der Waals surface area contributed by atoms with Gasteiger partial charge in [-0.1, -0.05) is 42.6 Å². The fraction of sp³-hybridized carbons (Fsp3) is 0.389. The van der Waals surface area contributed by atoms with E-state index in [2.05, 4.69) is 17.3 Å². The number of unbranched alkanes of at least 4 members (excludes halogenated alkanes) is 1. The molecule has 0 saturated carbocycles. The number of halogens is 1.